The van der Waals surface area contributed by atoms with Gasteiger partial charge in [0.05, 0.1) is 34.4 Å². The Labute approximate surface area is 121 Å². The predicted molar refractivity (Wildman–Crippen MR) is 82.2 cm³/mol. The van der Waals surface area contributed by atoms with Crippen LogP contribution in [0.25, 0.3) is 22.4 Å². The number of benzene rings is 2. The number of anilines is 1. The first-order chi connectivity index (χ1) is 9.58. The van der Waals surface area contributed by atoms with Crippen LogP contribution >= 0.6 is 11.6 Å². The van der Waals surface area contributed by atoms with Gasteiger partial charge in [-0.3, -0.25) is 0 Å². The number of hydrogen-bond acceptors (Lipinski definition) is 3. The van der Waals surface area contributed by atoms with Crippen molar-refractivity contribution in [1.82, 2.24) is 9.97 Å². The third kappa shape index (κ3) is 2.08. The molecule has 20 heavy (non-hydrogen) atoms. The number of nitrogens with one attached hydrogen (secondary N) is 1. The normalized spacial score (nSPS) is 10.9. The molecule has 0 saturated carbocycles. The molecule has 0 unspecified atom stereocenters. The molecule has 0 saturated heterocycles. The lowest BCUT2D eigenvalue weighted by molar-refractivity contribution is 0.416. The Hall–Kier alpha value is -2.20. The summed E-state index contributed by atoms with van der Waals surface area (Å²) in [7, 11) is 1.60. The standard InChI is InChI=1S/C15H14ClN3O/c1-8-3-4-12-13(5-8)19-15(18-12)9-6-10(16)11(17)7-14(9)20-2/h3-7H,17H2,1-2H3,(H,18,19). The third-order valence-electron chi connectivity index (χ3n) is 3.21. The number of methoxy groups -OCH3 is 1. The molecular weight excluding hydrogens is 274 g/mol. The lowest BCUT2D eigenvalue weighted by Gasteiger charge is -2.08. The fourth-order valence-corrected chi connectivity index (χ4v) is 2.34. The van der Waals surface area contributed by atoms with E-state index in [1.54, 1.807) is 19.2 Å². The predicted octanol–water partition coefficient (Wildman–Crippen LogP) is 3.78. The molecule has 102 valence electrons. The molecule has 0 radical (unpaired) electrons. The molecule has 3 rings (SSSR count). The molecule has 0 spiro atoms. The number of fused-ring (bicyclic) bond motifs is 1. The number of aryl methyl sites for hydroxylation is 1. The molecule has 1 heterocycles. The number of halogens is 1. The zero-order chi connectivity index (χ0) is 14.3. The van der Waals surface area contributed by atoms with Gasteiger partial charge in [-0.05, 0) is 30.7 Å². The van der Waals surface area contributed by atoms with Gasteiger partial charge < -0.3 is 15.5 Å². The maximum atomic E-state index is 6.09. The second kappa shape index (κ2) is 4.72. The summed E-state index contributed by atoms with van der Waals surface area (Å²) in [5.41, 5.74) is 10.1. The summed E-state index contributed by atoms with van der Waals surface area (Å²) in [6.07, 6.45) is 0. The lowest BCUT2D eigenvalue weighted by Crippen LogP contribution is -1.93. The van der Waals surface area contributed by atoms with Gasteiger partial charge in [0, 0.05) is 6.07 Å². The van der Waals surface area contributed by atoms with Crippen molar-refractivity contribution in [2.24, 2.45) is 0 Å². The van der Waals surface area contributed by atoms with Gasteiger partial charge in [0.15, 0.2) is 0 Å². The van der Waals surface area contributed by atoms with E-state index in [9.17, 15) is 0 Å². The highest BCUT2D eigenvalue weighted by molar-refractivity contribution is 6.33. The van der Waals surface area contributed by atoms with Crippen molar-refractivity contribution in [3.05, 3.63) is 40.9 Å². The molecule has 3 N–H and O–H groups in total. The SMILES string of the molecule is COc1cc(N)c(Cl)cc1-c1nc2ccc(C)cc2[nH]1. The summed E-state index contributed by atoms with van der Waals surface area (Å²) < 4.78 is 5.36. The van der Waals surface area contributed by atoms with Crippen LogP contribution in [0.1, 0.15) is 5.56 Å². The maximum absolute atomic E-state index is 6.09. The Morgan fingerprint density at radius 2 is 2.05 bits per heavy atom. The second-order valence-electron chi connectivity index (χ2n) is 4.68. The quantitative estimate of drug-likeness (QED) is 0.705. The first-order valence-corrected chi connectivity index (χ1v) is 6.56. The summed E-state index contributed by atoms with van der Waals surface area (Å²) in [5.74, 6) is 1.35. The van der Waals surface area contributed by atoms with Gasteiger partial charge in [-0.25, -0.2) is 4.98 Å². The van der Waals surface area contributed by atoms with Gasteiger partial charge >= 0.3 is 0 Å². The van der Waals surface area contributed by atoms with Crippen molar-refractivity contribution in [1.29, 1.82) is 0 Å². The average Bonchev–Trinajstić information content (AvgIpc) is 2.84. The first-order valence-electron chi connectivity index (χ1n) is 6.18. The van der Waals surface area contributed by atoms with Crippen LogP contribution in [0.3, 0.4) is 0 Å². The molecule has 2 aromatic carbocycles. The van der Waals surface area contributed by atoms with Crippen LogP contribution in [0, 0.1) is 6.92 Å². The largest absolute Gasteiger partial charge is 0.496 e. The summed E-state index contributed by atoms with van der Waals surface area (Å²) in [4.78, 5) is 7.85. The second-order valence-corrected chi connectivity index (χ2v) is 5.09. The molecule has 0 atom stereocenters. The lowest BCUT2D eigenvalue weighted by atomic mass is 10.1. The van der Waals surface area contributed by atoms with E-state index in [1.165, 1.54) is 5.56 Å². The monoisotopic (exact) mass is 287 g/mol. The summed E-state index contributed by atoms with van der Waals surface area (Å²) in [6.45, 7) is 2.04. The molecule has 5 heteroatoms. The number of imidazole rings is 1. The highest BCUT2D eigenvalue weighted by Crippen LogP contribution is 2.35. The minimum absolute atomic E-state index is 0.484. The van der Waals surface area contributed by atoms with Crippen molar-refractivity contribution < 1.29 is 4.74 Å². The zero-order valence-electron chi connectivity index (χ0n) is 11.2. The van der Waals surface area contributed by atoms with Crippen molar-refractivity contribution in [3.63, 3.8) is 0 Å². The fraction of sp³-hybridized carbons (Fsp3) is 0.133. The van der Waals surface area contributed by atoms with Crippen LogP contribution in [0.15, 0.2) is 30.3 Å². The van der Waals surface area contributed by atoms with Crippen molar-refractivity contribution in [3.8, 4) is 17.1 Å². The minimum Gasteiger partial charge on any atom is -0.496 e. The summed E-state index contributed by atoms with van der Waals surface area (Å²) >= 11 is 6.09. The Bertz CT molecular complexity index is 795. The number of ether oxygens (including phenoxy) is 1. The molecule has 0 fully saturated rings. The summed E-state index contributed by atoms with van der Waals surface area (Å²) in [5, 5.41) is 0.484. The minimum atomic E-state index is 0.484. The zero-order valence-corrected chi connectivity index (χ0v) is 12.0. The van der Waals surface area contributed by atoms with Gasteiger partial charge in [0.2, 0.25) is 0 Å². The molecule has 0 bridgehead atoms. The maximum Gasteiger partial charge on any atom is 0.142 e. The number of hydrogen-bond donors (Lipinski definition) is 2. The van der Waals surface area contributed by atoms with Crippen LogP contribution in [-0.2, 0) is 0 Å². The van der Waals surface area contributed by atoms with E-state index in [4.69, 9.17) is 22.1 Å². The number of nitrogens with two attached hydrogens (primary N) is 1. The van der Waals surface area contributed by atoms with Gasteiger partial charge in [-0.1, -0.05) is 17.7 Å². The van der Waals surface area contributed by atoms with E-state index in [2.05, 4.69) is 16.0 Å². The molecule has 0 aliphatic rings. The molecule has 3 aromatic rings. The first kappa shape index (κ1) is 12.8. The van der Waals surface area contributed by atoms with E-state index >= 15 is 0 Å². The van der Waals surface area contributed by atoms with E-state index < -0.39 is 0 Å². The Balaban J connectivity index is 2.22. The Morgan fingerprint density at radius 3 is 2.80 bits per heavy atom. The molecular formula is C15H14ClN3O. The average molecular weight is 288 g/mol. The fourth-order valence-electron chi connectivity index (χ4n) is 2.17. The highest BCUT2D eigenvalue weighted by atomic mass is 35.5. The van der Waals surface area contributed by atoms with Gasteiger partial charge in [-0.2, -0.15) is 0 Å². The molecule has 0 aliphatic heterocycles. The van der Waals surface area contributed by atoms with Crippen molar-refractivity contribution in [2.45, 2.75) is 6.92 Å². The van der Waals surface area contributed by atoms with Crippen LogP contribution in [0.4, 0.5) is 5.69 Å². The number of aromatic nitrogens is 2. The molecule has 4 nitrogen and oxygen atoms in total. The van der Waals surface area contributed by atoms with E-state index in [0.29, 0.717) is 22.3 Å². The molecule has 0 amide bonds. The number of aromatic amines is 1. The van der Waals surface area contributed by atoms with Crippen LogP contribution in [0.2, 0.25) is 5.02 Å². The summed E-state index contributed by atoms with van der Waals surface area (Å²) in [6, 6.07) is 9.53. The van der Waals surface area contributed by atoms with E-state index in [-0.39, 0.29) is 0 Å². The molecule has 1 aromatic heterocycles. The molecule has 0 aliphatic carbocycles. The van der Waals surface area contributed by atoms with Crippen LogP contribution in [-0.4, -0.2) is 17.1 Å². The number of H-pyrrole nitrogens is 1. The Kier molecular flexibility index (Phi) is 3.03. The van der Waals surface area contributed by atoms with Crippen molar-refractivity contribution in [2.75, 3.05) is 12.8 Å². The van der Waals surface area contributed by atoms with Gasteiger partial charge in [0.1, 0.15) is 11.6 Å². The Morgan fingerprint density at radius 1 is 1.25 bits per heavy atom. The topological polar surface area (TPSA) is 63.9 Å². The smallest absolute Gasteiger partial charge is 0.142 e. The number of nitrogen functional groups attached to an aromatic ring is 1. The van der Waals surface area contributed by atoms with E-state index in [1.807, 2.05) is 19.1 Å². The highest BCUT2D eigenvalue weighted by Gasteiger charge is 2.13. The van der Waals surface area contributed by atoms with Crippen LogP contribution < -0.4 is 10.5 Å². The van der Waals surface area contributed by atoms with Crippen LogP contribution in [0.5, 0.6) is 5.75 Å². The van der Waals surface area contributed by atoms with Gasteiger partial charge in [0.25, 0.3) is 0 Å². The third-order valence-corrected chi connectivity index (χ3v) is 3.54. The number of rotatable bonds is 2. The van der Waals surface area contributed by atoms with E-state index in [0.717, 1.165) is 16.6 Å². The van der Waals surface area contributed by atoms with Gasteiger partial charge in [-0.15, -0.1) is 0 Å². The number of nitrogens with zero attached hydrogens (tertiary/aromatic N) is 1. The van der Waals surface area contributed by atoms with Crippen molar-refractivity contribution >= 4 is 28.3 Å².